The van der Waals surface area contributed by atoms with Gasteiger partial charge in [0.25, 0.3) is 5.91 Å². The Balaban J connectivity index is 4.75. The molecule has 0 aliphatic rings. The molecule has 0 saturated heterocycles. The smallest absolute Gasteiger partial charge is 0.330 e. The number of methoxy groups -OCH3 is 1. The summed E-state index contributed by atoms with van der Waals surface area (Å²) in [4.78, 5) is 39.7. The number of carbonyl (C=O) groups excluding carboxylic acids is 3. The van der Waals surface area contributed by atoms with E-state index in [2.05, 4.69) is 16.1 Å². The Morgan fingerprint density at radius 2 is 1.84 bits per heavy atom. The van der Waals surface area contributed by atoms with Crippen LogP contribution >= 0.6 is 0 Å². The fraction of sp³-hybridized carbons (Fsp3) is 0.583. The van der Waals surface area contributed by atoms with Crippen LogP contribution in [-0.2, 0) is 28.7 Å². The minimum atomic E-state index is -1.73. The molecule has 0 aromatic carbocycles. The van der Waals surface area contributed by atoms with Gasteiger partial charge in [-0.1, -0.05) is 12.7 Å². The molecule has 0 aromatic rings. The first-order valence-electron chi connectivity index (χ1n) is 5.56. The molecule has 0 rings (SSSR count). The lowest BCUT2D eigenvalue weighted by Gasteiger charge is -2.20. The maximum Gasteiger partial charge on any atom is 0.330 e. The van der Waals surface area contributed by atoms with Gasteiger partial charge >= 0.3 is 11.9 Å². The van der Waals surface area contributed by atoms with Crippen molar-refractivity contribution in [3.05, 3.63) is 12.7 Å². The Kier molecular flexibility index (Phi) is 6.78. The number of esters is 2. The largest absolute Gasteiger partial charge is 0.468 e. The van der Waals surface area contributed by atoms with Crippen LogP contribution in [0.5, 0.6) is 0 Å². The molecule has 0 aliphatic heterocycles. The van der Waals surface area contributed by atoms with E-state index in [0.717, 1.165) is 7.11 Å². The zero-order valence-electron chi connectivity index (χ0n) is 11.5. The summed E-state index contributed by atoms with van der Waals surface area (Å²) in [5.41, 5.74) is 1.36. The molecule has 0 aliphatic carbocycles. The average molecular weight is 273 g/mol. The molecule has 0 saturated carbocycles. The van der Waals surface area contributed by atoms with Crippen LogP contribution < -0.4 is 5.48 Å². The molecule has 1 N–H and O–H groups in total. The van der Waals surface area contributed by atoms with Crippen LogP contribution in [0.3, 0.4) is 0 Å². The van der Waals surface area contributed by atoms with Crippen LogP contribution in [0, 0.1) is 5.92 Å². The van der Waals surface area contributed by atoms with Crippen molar-refractivity contribution in [1.29, 1.82) is 0 Å². The summed E-state index contributed by atoms with van der Waals surface area (Å²) in [6.45, 7) is 8.31. The minimum Gasteiger partial charge on any atom is -0.468 e. The third-order valence-corrected chi connectivity index (χ3v) is 1.74. The summed E-state index contributed by atoms with van der Waals surface area (Å²) in [5.74, 6) is -4.73. The average Bonchev–Trinajstić information content (AvgIpc) is 2.32. The van der Waals surface area contributed by atoms with Crippen molar-refractivity contribution < 1.29 is 28.7 Å². The summed E-state index contributed by atoms with van der Waals surface area (Å²) >= 11 is 0. The van der Waals surface area contributed by atoms with Crippen LogP contribution in [0.15, 0.2) is 12.7 Å². The van der Waals surface area contributed by atoms with Crippen molar-refractivity contribution in [1.82, 2.24) is 5.48 Å². The van der Waals surface area contributed by atoms with Crippen molar-refractivity contribution in [3.63, 3.8) is 0 Å². The van der Waals surface area contributed by atoms with Crippen molar-refractivity contribution in [2.75, 3.05) is 13.7 Å². The molecular formula is C12H19NO6. The fourth-order valence-corrected chi connectivity index (χ4v) is 0.915. The van der Waals surface area contributed by atoms with E-state index in [9.17, 15) is 14.4 Å². The molecule has 0 fully saturated rings. The number of hydrogen-bond donors (Lipinski definition) is 1. The highest BCUT2D eigenvalue weighted by molar-refractivity contribution is 6.13. The van der Waals surface area contributed by atoms with Gasteiger partial charge in [0.2, 0.25) is 5.92 Å². The molecule has 19 heavy (non-hydrogen) atoms. The van der Waals surface area contributed by atoms with E-state index in [1.165, 1.54) is 6.08 Å². The van der Waals surface area contributed by atoms with E-state index in [-0.39, 0.29) is 6.61 Å². The molecule has 0 radical (unpaired) electrons. The number of hydroxylamine groups is 1. The Morgan fingerprint density at radius 3 is 2.26 bits per heavy atom. The normalized spacial score (nSPS) is 12.2. The summed E-state index contributed by atoms with van der Waals surface area (Å²) in [6, 6.07) is 0. The van der Waals surface area contributed by atoms with Crippen LogP contribution in [0.2, 0.25) is 0 Å². The zero-order valence-corrected chi connectivity index (χ0v) is 11.5. The van der Waals surface area contributed by atoms with E-state index in [1.54, 1.807) is 20.8 Å². The number of nitrogens with one attached hydrogen (secondary N) is 1. The molecule has 1 amide bonds. The number of carbonyl (C=O) groups is 3. The van der Waals surface area contributed by atoms with Gasteiger partial charge in [-0.25, -0.2) is 5.48 Å². The molecule has 1 atom stereocenters. The van der Waals surface area contributed by atoms with Crippen LogP contribution in [-0.4, -0.2) is 37.2 Å². The molecule has 0 aromatic heterocycles. The minimum absolute atomic E-state index is 0.111. The Hall–Kier alpha value is -1.89. The molecular weight excluding hydrogens is 254 g/mol. The first-order chi connectivity index (χ1) is 8.72. The lowest BCUT2D eigenvalue weighted by molar-refractivity contribution is -0.170. The van der Waals surface area contributed by atoms with E-state index < -0.39 is 29.4 Å². The first-order valence-corrected chi connectivity index (χ1v) is 5.56. The highest BCUT2D eigenvalue weighted by Gasteiger charge is 2.37. The lowest BCUT2D eigenvalue weighted by Crippen LogP contribution is -2.44. The second kappa shape index (κ2) is 7.52. The molecule has 0 heterocycles. The number of amides is 1. The van der Waals surface area contributed by atoms with Gasteiger partial charge in [-0.05, 0) is 20.8 Å². The third kappa shape index (κ3) is 6.56. The van der Waals surface area contributed by atoms with Gasteiger partial charge in [0.15, 0.2) is 0 Å². The van der Waals surface area contributed by atoms with Gasteiger partial charge in [0.1, 0.15) is 6.61 Å². The van der Waals surface area contributed by atoms with Crippen molar-refractivity contribution in [2.24, 2.45) is 5.92 Å². The third-order valence-electron chi connectivity index (χ3n) is 1.74. The molecule has 7 heteroatoms. The van der Waals surface area contributed by atoms with Gasteiger partial charge < -0.3 is 9.47 Å². The highest BCUT2D eigenvalue weighted by Crippen LogP contribution is 2.07. The van der Waals surface area contributed by atoms with Crippen LogP contribution in [0.25, 0.3) is 0 Å². The summed E-state index contributed by atoms with van der Waals surface area (Å²) in [7, 11) is 1.06. The number of hydrogen-bond acceptors (Lipinski definition) is 6. The number of rotatable bonds is 6. The predicted molar refractivity (Wildman–Crippen MR) is 65.6 cm³/mol. The van der Waals surface area contributed by atoms with E-state index >= 15 is 0 Å². The monoisotopic (exact) mass is 273 g/mol. The van der Waals surface area contributed by atoms with Gasteiger partial charge in [-0.3, -0.25) is 19.2 Å². The Morgan fingerprint density at radius 1 is 1.26 bits per heavy atom. The van der Waals surface area contributed by atoms with Gasteiger partial charge in [-0.15, -0.1) is 0 Å². The Labute approximate surface area is 111 Å². The molecule has 0 spiro atoms. The first kappa shape index (κ1) is 17.1. The maximum absolute atomic E-state index is 11.7. The van der Waals surface area contributed by atoms with Crippen molar-refractivity contribution >= 4 is 17.8 Å². The lowest BCUT2D eigenvalue weighted by atomic mass is 10.1. The summed E-state index contributed by atoms with van der Waals surface area (Å²) in [5, 5.41) is 0. The maximum atomic E-state index is 11.7. The topological polar surface area (TPSA) is 90.9 Å². The number of ether oxygens (including phenoxy) is 2. The van der Waals surface area contributed by atoms with Crippen molar-refractivity contribution in [2.45, 2.75) is 26.4 Å². The fourth-order valence-electron chi connectivity index (χ4n) is 0.915. The van der Waals surface area contributed by atoms with Crippen LogP contribution in [0.4, 0.5) is 0 Å². The zero-order chi connectivity index (χ0) is 15.1. The van der Waals surface area contributed by atoms with E-state index in [4.69, 9.17) is 4.84 Å². The van der Waals surface area contributed by atoms with Gasteiger partial charge in [0, 0.05) is 0 Å². The molecule has 0 bridgehead atoms. The predicted octanol–water partition coefficient (Wildman–Crippen LogP) is 0.351. The molecule has 108 valence electrons. The van der Waals surface area contributed by atoms with E-state index in [1.807, 2.05) is 5.48 Å². The molecule has 7 nitrogen and oxygen atoms in total. The summed E-state index contributed by atoms with van der Waals surface area (Å²) in [6.07, 6.45) is 1.32. The highest BCUT2D eigenvalue weighted by atomic mass is 16.7. The SMILES string of the molecule is C=CCOC(=O)C(C(=O)NOC(C)(C)C)C(=O)OC. The van der Waals surface area contributed by atoms with Crippen LogP contribution in [0.1, 0.15) is 20.8 Å². The van der Waals surface area contributed by atoms with E-state index in [0.29, 0.717) is 0 Å². The standard InChI is InChI=1S/C12H19NO6/c1-6-7-18-11(16)8(10(15)17-5)9(14)13-19-12(2,3)4/h6,8H,1,7H2,2-5H3,(H,13,14). The van der Waals surface area contributed by atoms with Crippen molar-refractivity contribution in [3.8, 4) is 0 Å². The second-order valence-electron chi connectivity index (χ2n) is 4.56. The summed E-state index contributed by atoms with van der Waals surface area (Å²) < 4.78 is 9.04. The molecule has 1 unspecified atom stereocenters. The van der Waals surface area contributed by atoms with Gasteiger partial charge in [-0.2, -0.15) is 0 Å². The quantitative estimate of drug-likeness (QED) is 0.325. The second-order valence-corrected chi connectivity index (χ2v) is 4.56. The van der Waals surface area contributed by atoms with Gasteiger partial charge in [0.05, 0.1) is 12.7 Å². The Bertz CT molecular complexity index is 358.